The normalized spacial score (nSPS) is 17.1. The number of unbranched alkanes of at least 4 members (excludes halogenated alkanes) is 1. The van der Waals surface area contributed by atoms with Crippen LogP contribution >= 0.6 is 23.2 Å². The predicted octanol–water partition coefficient (Wildman–Crippen LogP) is 4.87. The first-order valence-electron chi connectivity index (χ1n) is 10.9. The van der Waals surface area contributed by atoms with Gasteiger partial charge in [-0.1, -0.05) is 47.5 Å². The molecule has 2 aliphatic heterocycles. The van der Waals surface area contributed by atoms with E-state index in [4.69, 9.17) is 23.2 Å². The van der Waals surface area contributed by atoms with E-state index in [0.29, 0.717) is 22.4 Å². The van der Waals surface area contributed by atoms with E-state index in [2.05, 4.69) is 34.1 Å². The van der Waals surface area contributed by atoms with Crippen molar-refractivity contribution in [2.45, 2.75) is 32.2 Å². The number of rotatable bonds is 6. The van der Waals surface area contributed by atoms with E-state index in [1.807, 2.05) is 23.1 Å². The van der Waals surface area contributed by atoms with Crippen LogP contribution in [0.3, 0.4) is 0 Å². The fraction of sp³-hybridized carbons (Fsp3) is 0.458. The lowest BCUT2D eigenvalue weighted by molar-refractivity contribution is -0.132. The van der Waals surface area contributed by atoms with Gasteiger partial charge in [0.1, 0.15) is 0 Å². The Morgan fingerprint density at radius 3 is 2.40 bits per heavy atom. The van der Waals surface area contributed by atoms with Crippen LogP contribution in [0.15, 0.2) is 42.5 Å². The molecule has 0 atom stereocenters. The van der Waals surface area contributed by atoms with Crippen molar-refractivity contribution in [2.75, 3.05) is 44.2 Å². The molecule has 0 aromatic heterocycles. The number of hydrogen-bond acceptors (Lipinski definition) is 3. The van der Waals surface area contributed by atoms with Gasteiger partial charge >= 0.3 is 0 Å². The van der Waals surface area contributed by atoms with Gasteiger partial charge in [-0.15, -0.1) is 0 Å². The van der Waals surface area contributed by atoms with E-state index >= 15 is 0 Å². The third-order valence-corrected chi connectivity index (χ3v) is 6.98. The summed E-state index contributed by atoms with van der Waals surface area (Å²) in [6, 6.07) is 14.3. The minimum absolute atomic E-state index is 0.300. The summed E-state index contributed by atoms with van der Waals surface area (Å²) in [6.45, 7) is 6.74. The second-order valence-corrected chi connectivity index (χ2v) is 9.03. The predicted molar refractivity (Wildman–Crippen MR) is 125 cm³/mol. The Hall–Kier alpha value is -1.75. The smallest absolute Gasteiger partial charge is 0.222 e. The molecule has 0 radical (unpaired) electrons. The lowest BCUT2D eigenvalue weighted by Crippen LogP contribution is -2.46. The molecule has 2 heterocycles. The average Bonchev–Trinajstić information content (AvgIpc) is 2.78. The van der Waals surface area contributed by atoms with Crippen molar-refractivity contribution in [1.82, 2.24) is 9.80 Å². The van der Waals surface area contributed by atoms with Gasteiger partial charge in [0.2, 0.25) is 5.91 Å². The van der Waals surface area contributed by atoms with E-state index in [1.165, 1.54) is 11.1 Å². The summed E-state index contributed by atoms with van der Waals surface area (Å²) in [5.74, 6) is 0.300. The highest BCUT2D eigenvalue weighted by molar-refractivity contribution is 6.42. The monoisotopic (exact) mass is 445 g/mol. The van der Waals surface area contributed by atoms with E-state index < -0.39 is 0 Å². The molecule has 0 spiro atoms. The number of benzene rings is 2. The number of fused-ring (bicyclic) bond motifs is 1. The zero-order valence-corrected chi connectivity index (χ0v) is 18.8. The number of anilines is 1. The summed E-state index contributed by atoms with van der Waals surface area (Å²) < 4.78 is 0. The van der Waals surface area contributed by atoms with Crippen LogP contribution in [0.2, 0.25) is 10.0 Å². The molecule has 0 bridgehead atoms. The molecule has 4 nitrogen and oxygen atoms in total. The van der Waals surface area contributed by atoms with E-state index in [0.717, 1.165) is 70.8 Å². The molecule has 4 rings (SSSR count). The summed E-state index contributed by atoms with van der Waals surface area (Å²) in [7, 11) is 0. The highest BCUT2D eigenvalue weighted by atomic mass is 35.5. The van der Waals surface area contributed by atoms with Crippen LogP contribution < -0.4 is 4.90 Å². The third-order valence-electron chi connectivity index (χ3n) is 6.24. The molecule has 0 N–H and O–H groups in total. The molecule has 2 aromatic rings. The summed E-state index contributed by atoms with van der Waals surface area (Å²) in [6.07, 6.45) is 3.67. The summed E-state index contributed by atoms with van der Waals surface area (Å²) in [5, 5.41) is 1.21. The van der Waals surface area contributed by atoms with Gasteiger partial charge in [-0.05, 0) is 55.1 Å². The first kappa shape index (κ1) is 21.5. The van der Waals surface area contributed by atoms with Crippen molar-refractivity contribution in [3.63, 3.8) is 0 Å². The highest BCUT2D eigenvalue weighted by Gasteiger charge is 2.21. The second-order valence-electron chi connectivity index (χ2n) is 8.22. The molecule has 160 valence electrons. The van der Waals surface area contributed by atoms with Gasteiger partial charge in [-0.25, -0.2) is 0 Å². The van der Waals surface area contributed by atoms with Crippen LogP contribution in [0.25, 0.3) is 0 Å². The maximum absolute atomic E-state index is 12.6. The molecule has 30 heavy (non-hydrogen) atoms. The third kappa shape index (κ3) is 5.29. The Labute approximate surface area is 189 Å². The van der Waals surface area contributed by atoms with Gasteiger partial charge in [0.05, 0.1) is 10.0 Å². The Morgan fingerprint density at radius 1 is 0.867 bits per heavy atom. The molecule has 1 amide bonds. The number of amides is 1. The van der Waals surface area contributed by atoms with E-state index in [1.54, 1.807) is 0 Å². The average molecular weight is 446 g/mol. The highest BCUT2D eigenvalue weighted by Crippen LogP contribution is 2.28. The lowest BCUT2D eigenvalue weighted by atomic mass is 9.99. The number of piperazine rings is 1. The number of halogens is 2. The first-order valence-corrected chi connectivity index (χ1v) is 11.6. The van der Waals surface area contributed by atoms with Gasteiger partial charge in [0.15, 0.2) is 0 Å². The summed E-state index contributed by atoms with van der Waals surface area (Å²) in [4.78, 5) is 19.5. The molecule has 6 heteroatoms. The molecule has 1 saturated heterocycles. The van der Waals surface area contributed by atoms with Crippen LogP contribution in [-0.4, -0.2) is 55.0 Å². The van der Waals surface area contributed by atoms with Crippen molar-refractivity contribution in [2.24, 2.45) is 0 Å². The molecular weight excluding hydrogens is 417 g/mol. The van der Waals surface area contributed by atoms with Crippen LogP contribution in [0, 0.1) is 0 Å². The summed E-state index contributed by atoms with van der Waals surface area (Å²) in [5.41, 5.74) is 3.83. The number of carbonyl (C=O) groups excluding carboxylic acids is 1. The van der Waals surface area contributed by atoms with Crippen LogP contribution in [0.5, 0.6) is 0 Å². The van der Waals surface area contributed by atoms with Gasteiger partial charge in [-0.3, -0.25) is 9.69 Å². The minimum atomic E-state index is 0.300. The number of nitrogens with zero attached hydrogens (tertiary/aromatic N) is 3. The van der Waals surface area contributed by atoms with E-state index in [-0.39, 0.29) is 0 Å². The van der Waals surface area contributed by atoms with Crippen molar-refractivity contribution >= 4 is 34.8 Å². The Morgan fingerprint density at radius 2 is 1.63 bits per heavy atom. The fourth-order valence-corrected chi connectivity index (χ4v) is 4.68. The largest absolute Gasteiger partial charge is 0.369 e. The molecule has 0 unspecified atom stereocenters. The molecular formula is C24H29Cl2N3O. The zero-order chi connectivity index (χ0) is 20.9. The van der Waals surface area contributed by atoms with Crippen LogP contribution in [0.4, 0.5) is 5.69 Å². The first-order chi connectivity index (χ1) is 14.6. The van der Waals surface area contributed by atoms with Gasteiger partial charge < -0.3 is 9.80 Å². The topological polar surface area (TPSA) is 26.8 Å². The number of hydrogen-bond donors (Lipinski definition) is 0. The minimum Gasteiger partial charge on any atom is -0.369 e. The summed E-state index contributed by atoms with van der Waals surface area (Å²) >= 11 is 12.2. The van der Waals surface area contributed by atoms with Crippen molar-refractivity contribution in [3.05, 3.63) is 63.6 Å². The molecule has 2 aromatic carbocycles. The van der Waals surface area contributed by atoms with Gasteiger partial charge in [0.25, 0.3) is 0 Å². The lowest BCUT2D eigenvalue weighted by Gasteiger charge is -2.36. The second kappa shape index (κ2) is 10.0. The number of carbonyl (C=O) groups is 1. The molecule has 0 aliphatic carbocycles. The molecule has 2 aliphatic rings. The van der Waals surface area contributed by atoms with Gasteiger partial charge in [-0.2, -0.15) is 0 Å². The Balaban J connectivity index is 1.15. The van der Waals surface area contributed by atoms with Crippen LogP contribution in [-0.2, 0) is 17.8 Å². The molecule has 1 fully saturated rings. The SMILES string of the molecule is O=C(CCCCN1CCN(c2ccc(Cl)c(Cl)c2)CC1)N1CCc2ccccc2C1. The standard InChI is InChI=1S/C24H29Cl2N3O/c25-22-9-8-21(17-23(22)26)28-15-13-27(14-16-28)11-4-3-7-24(30)29-12-10-19-5-1-2-6-20(19)18-29/h1-2,5-6,8-9,17H,3-4,7,10-16,18H2. The van der Waals surface area contributed by atoms with E-state index in [9.17, 15) is 4.79 Å². The van der Waals surface area contributed by atoms with Crippen molar-refractivity contribution in [3.8, 4) is 0 Å². The maximum atomic E-state index is 12.6. The zero-order valence-electron chi connectivity index (χ0n) is 17.3. The van der Waals surface area contributed by atoms with Crippen LogP contribution in [0.1, 0.15) is 30.4 Å². The Bertz CT molecular complexity index is 881. The quantitative estimate of drug-likeness (QED) is 0.593. The Kier molecular flexibility index (Phi) is 7.19. The van der Waals surface area contributed by atoms with Gasteiger partial charge in [0, 0.05) is 51.4 Å². The van der Waals surface area contributed by atoms with Crippen molar-refractivity contribution < 1.29 is 4.79 Å². The van der Waals surface area contributed by atoms with Crippen molar-refractivity contribution in [1.29, 1.82) is 0 Å². The fourth-order valence-electron chi connectivity index (χ4n) is 4.39. The molecule has 0 saturated carbocycles. The maximum Gasteiger partial charge on any atom is 0.222 e.